The van der Waals surface area contributed by atoms with Crippen LogP contribution in [0.4, 0.5) is 0 Å². The summed E-state index contributed by atoms with van der Waals surface area (Å²) in [5.41, 5.74) is 1.95. The van der Waals surface area contributed by atoms with E-state index in [0.29, 0.717) is 13.2 Å². The Hall–Kier alpha value is -1.62. The predicted molar refractivity (Wildman–Crippen MR) is 63.3 cm³/mol. The lowest BCUT2D eigenvalue weighted by molar-refractivity contribution is 0.0935. The van der Waals surface area contributed by atoms with Crippen LogP contribution in [0, 0.1) is 0 Å². The molecular weight excluding hydrogens is 220 g/mol. The SMILES string of the molecule is COCCNC(=O)c1cc2c([nH]c1=O)CCC2. The van der Waals surface area contributed by atoms with Gasteiger partial charge in [0.15, 0.2) is 0 Å². The third-order valence-corrected chi connectivity index (χ3v) is 2.92. The van der Waals surface area contributed by atoms with Crippen molar-refractivity contribution in [3.05, 3.63) is 33.2 Å². The van der Waals surface area contributed by atoms with Crippen LogP contribution >= 0.6 is 0 Å². The molecule has 2 N–H and O–H groups in total. The lowest BCUT2D eigenvalue weighted by Gasteiger charge is -2.05. The highest BCUT2D eigenvalue weighted by Gasteiger charge is 2.17. The van der Waals surface area contributed by atoms with Gasteiger partial charge in [-0.15, -0.1) is 0 Å². The lowest BCUT2D eigenvalue weighted by Crippen LogP contribution is -2.32. The first kappa shape index (κ1) is 11.9. The molecule has 0 atom stereocenters. The summed E-state index contributed by atoms with van der Waals surface area (Å²) in [6, 6.07) is 1.71. The van der Waals surface area contributed by atoms with E-state index in [1.165, 1.54) is 0 Å². The molecule has 5 heteroatoms. The molecule has 0 unspecified atom stereocenters. The number of carbonyl (C=O) groups is 1. The van der Waals surface area contributed by atoms with Crippen LogP contribution in [0.25, 0.3) is 0 Å². The molecule has 0 aromatic carbocycles. The van der Waals surface area contributed by atoms with Gasteiger partial charge in [0.05, 0.1) is 6.61 Å². The third-order valence-electron chi connectivity index (χ3n) is 2.92. The van der Waals surface area contributed by atoms with E-state index in [1.54, 1.807) is 13.2 Å². The maximum atomic E-state index is 11.8. The first-order valence-electron chi connectivity index (χ1n) is 5.74. The zero-order chi connectivity index (χ0) is 12.3. The molecule has 0 fully saturated rings. The second kappa shape index (κ2) is 5.14. The van der Waals surface area contributed by atoms with E-state index in [1.807, 2.05) is 0 Å². The molecule has 92 valence electrons. The van der Waals surface area contributed by atoms with Gasteiger partial charge in [0.2, 0.25) is 0 Å². The maximum Gasteiger partial charge on any atom is 0.261 e. The minimum absolute atomic E-state index is 0.196. The maximum absolute atomic E-state index is 11.8. The average molecular weight is 236 g/mol. The third kappa shape index (κ3) is 2.55. The number of hydrogen-bond acceptors (Lipinski definition) is 3. The quantitative estimate of drug-likeness (QED) is 0.736. The summed E-state index contributed by atoms with van der Waals surface area (Å²) in [6.07, 6.45) is 2.88. The number of nitrogens with one attached hydrogen (secondary N) is 2. The number of pyridine rings is 1. The second-order valence-electron chi connectivity index (χ2n) is 4.12. The molecule has 17 heavy (non-hydrogen) atoms. The van der Waals surface area contributed by atoms with Gasteiger partial charge in [-0.3, -0.25) is 9.59 Å². The summed E-state index contributed by atoms with van der Waals surface area (Å²) in [4.78, 5) is 26.2. The molecule has 1 amide bonds. The first-order chi connectivity index (χ1) is 8.22. The molecule has 5 nitrogen and oxygen atoms in total. The number of ether oxygens (including phenoxy) is 1. The monoisotopic (exact) mass is 236 g/mol. The second-order valence-corrected chi connectivity index (χ2v) is 4.12. The topological polar surface area (TPSA) is 71.2 Å². The van der Waals surface area contributed by atoms with Gasteiger partial charge < -0.3 is 15.0 Å². The van der Waals surface area contributed by atoms with E-state index in [9.17, 15) is 9.59 Å². The number of rotatable bonds is 4. The van der Waals surface area contributed by atoms with Gasteiger partial charge >= 0.3 is 0 Å². The molecule has 1 aromatic heterocycles. The highest BCUT2D eigenvalue weighted by molar-refractivity contribution is 5.94. The van der Waals surface area contributed by atoms with Gasteiger partial charge in [0.25, 0.3) is 11.5 Å². The number of aryl methyl sites for hydroxylation is 2. The van der Waals surface area contributed by atoms with Crippen LogP contribution in [0.5, 0.6) is 0 Å². The Kier molecular flexibility index (Phi) is 3.58. The Morgan fingerprint density at radius 3 is 3.12 bits per heavy atom. The van der Waals surface area contributed by atoms with E-state index in [-0.39, 0.29) is 17.0 Å². The number of hydrogen-bond donors (Lipinski definition) is 2. The van der Waals surface area contributed by atoms with E-state index in [0.717, 1.165) is 30.5 Å². The van der Waals surface area contributed by atoms with Crippen molar-refractivity contribution in [3.63, 3.8) is 0 Å². The van der Waals surface area contributed by atoms with E-state index in [2.05, 4.69) is 10.3 Å². The van der Waals surface area contributed by atoms with Crippen LogP contribution in [0.2, 0.25) is 0 Å². The van der Waals surface area contributed by atoms with Crippen LogP contribution in [0.1, 0.15) is 28.0 Å². The fraction of sp³-hybridized carbons (Fsp3) is 0.500. The van der Waals surface area contributed by atoms with Gasteiger partial charge in [-0.25, -0.2) is 0 Å². The molecule has 1 aliphatic rings. The lowest BCUT2D eigenvalue weighted by atomic mass is 10.1. The molecule has 1 aliphatic carbocycles. The van der Waals surface area contributed by atoms with Gasteiger partial charge in [0.1, 0.15) is 5.56 Å². The standard InChI is InChI=1S/C12H16N2O3/c1-17-6-5-13-11(15)9-7-8-3-2-4-10(8)14-12(9)16/h7H,2-6H2,1H3,(H,13,15)(H,14,16). The minimum atomic E-state index is -0.335. The number of fused-ring (bicyclic) bond motifs is 1. The van der Waals surface area contributed by atoms with Crippen LogP contribution in [-0.2, 0) is 17.6 Å². The molecule has 0 aliphatic heterocycles. The molecule has 0 saturated carbocycles. The van der Waals surface area contributed by atoms with Crippen LogP contribution in [0.15, 0.2) is 10.9 Å². The molecule has 0 saturated heterocycles. The summed E-state index contributed by atoms with van der Waals surface area (Å²) < 4.78 is 4.83. The molecule has 0 spiro atoms. The number of methoxy groups -OCH3 is 1. The van der Waals surface area contributed by atoms with Crippen molar-refractivity contribution in [3.8, 4) is 0 Å². The summed E-state index contributed by atoms with van der Waals surface area (Å²) in [5, 5.41) is 2.65. The van der Waals surface area contributed by atoms with Crippen LogP contribution < -0.4 is 10.9 Å². The van der Waals surface area contributed by atoms with Crippen LogP contribution in [0.3, 0.4) is 0 Å². The van der Waals surface area contributed by atoms with Gasteiger partial charge in [-0.05, 0) is 30.9 Å². The van der Waals surface area contributed by atoms with E-state index >= 15 is 0 Å². The van der Waals surface area contributed by atoms with Gasteiger partial charge in [0, 0.05) is 19.3 Å². The zero-order valence-corrected chi connectivity index (χ0v) is 9.84. The summed E-state index contributed by atoms with van der Waals surface area (Å²) in [5.74, 6) is -0.335. The van der Waals surface area contributed by atoms with Crippen molar-refractivity contribution in [1.82, 2.24) is 10.3 Å². The molecular formula is C12H16N2O3. The first-order valence-corrected chi connectivity index (χ1v) is 5.74. The smallest absolute Gasteiger partial charge is 0.261 e. The zero-order valence-electron chi connectivity index (χ0n) is 9.84. The van der Waals surface area contributed by atoms with Crippen molar-refractivity contribution in [2.45, 2.75) is 19.3 Å². The largest absolute Gasteiger partial charge is 0.383 e. The Morgan fingerprint density at radius 2 is 2.35 bits per heavy atom. The summed E-state index contributed by atoms with van der Waals surface area (Å²) in [6.45, 7) is 0.848. The Morgan fingerprint density at radius 1 is 1.53 bits per heavy atom. The van der Waals surface area contributed by atoms with Gasteiger partial charge in [-0.1, -0.05) is 0 Å². The summed E-state index contributed by atoms with van der Waals surface area (Å²) >= 11 is 0. The number of aromatic amines is 1. The highest BCUT2D eigenvalue weighted by Crippen LogP contribution is 2.18. The highest BCUT2D eigenvalue weighted by atomic mass is 16.5. The molecule has 0 radical (unpaired) electrons. The fourth-order valence-corrected chi connectivity index (χ4v) is 2.04. The van der Waals surface area contributed by atoms with E-state index in [4.69, 9.17) is 4.74 Å². The van der Waals surface area contributed by atoms with Crippen molar-refractivity contribution < 1.29 is 9.53 Å². The van der Waals surface area contributed by atoms with Crippen molar-refractivity contribution >= 4 is 5.91 Å². The Labute approximate surface area is 99.2 Å². The number of H-pyrrole nitrogens is 1. The minimum Gasteiger partial charge on any atom is -0.383 e. The van der Waals surface area contributed by atoms with Gasteiger partial charge in [-0.2, -0.15) is 0 Å². The fourth-order valence-electron chi connectivity index (χ4n) is 2.04. The summed E-state index contributed by atoms with van der Waals surface area (Å²) in [7, 11) is 1.56. The number of aromatic nitrogens is 1. The van der Waals surface area contributed by atoms with E-state index < -0.39 is 0 Å². The average Bonchev–Trinajstić information content (AvgIpc) is 2.75. The molecule has 0 bridgehead atoms. The Bertz CT molecular complexity index is 479. The molecule has 1 aromatic rings. The Balaban J connectivity index is 2.15. The molecule has 2 rings (SSSR count). The number of carbonyl (C=O) groups excluding carboxylic acids is 1. The molecule has 1 heterocycles. The number of amides is 1. The normalized spacial score (nSPS) is 13.5. The predicted octanol–water partition coefficient (Wildman–Crippen LogP) is 0.240. The van der Waals surface area contributed by atoms with Crippen molar-refractivity contribution in [2.75, 3.05) is 20.3 Å². The van der Waals surface area contributed by atoms with Crippen molar-refractivity contribution in [1.29, 1.82) is 0 Å². The van der Waals surface area contributed by atoms with Crippen LogP contribution in [-0.4, -0.2) is 31.2 Å². The van der Waals surface area contributed by atoms with Crippen molar-refractivity contribution in [2.24, 2.45) is 0 Å².